The lowest BCUT2D eigenvalue weighted by Crippen LogP contribution is -2.52. The number of carbonyl (C=O) groups excluding carboxylic acids is 1. The summed E-state index contributed by atoms with van der Waals surface area (Å²) in [6.45, 7) is 34.3. The molecular formula is C24H58NO5Si6. The van der Waals surface area contributed by atoms with Gasteiger partial charge in [0.15, 0.2) is 25.0 Å². The van der Waals surface area contributed by atoms with E-state index >= 15 is 0 Å². The van der Waals surface area contributed by atoms with Crippen molar-refractivity contribution in [3.63, 3.8) is 0 Å². The van der Waals surface area contributed by atoms with Crippen molar-refractivity contribution in [2.45, 2.75) is 116 Å². The summed E-state index contributed by atoms with van der Waals surface area (Å²) >= 11 is 0. The van der Waals surface area contributed by atoms with Crippen LogP contribution in [0.25, 0.3) is 0 Å². The molecule has 0 spiro atoms. The summed E-state index contributed by atoms with van der Waals surface area (Å²) in [6.07, 6.45) is 5.11. The molecule has 0 bridgehead atoms. The second-order valence-corrected chi connectivity index (χ2v) is 37.1. The molecule has 0 fully saturated rings. The highest BCUT2D eigenvalue weighted by Gasteiger charge is 2.40. The Morgan fingerprint density at radius 2 is 1.14 bits per heavy atom. The molecule has 0 aliphatic rings. The molecule has 1 radical (unpaired) electrons. The Morgan fingerprint density at radius 1 is 0.722 bits per heavy atom. The average molecular weight is 609 g/mol. The molecule has 0 saturated carbocycles. The maximum atomic E-state index is 12.6. The van der Waals surface area contributed by atoms with Crippen LogP contribution in [-0.4, -0.2) is 81.0 Å². The second-order valence-electron chi connectivity index (χ2n) is 13.5. The van der Waals surface area contributed by atoms with Gasteiger partial charge in [0.2, 0.25) is 5.91 Å². The van der Waals surface area contributed by atoms with E-state index in [9.17, 15) is 4.79 Å². The lowest BCUT2D eigenvalue weighted by Gasteiger charge is -2.38. The fourth-order valence-corrected chi connectivity index (χ4v) is 26.1. The molecule has 0 aromatic heterocycles. The highest BCUT2D eigenvalue weighted by molar-refractivity contribution is 6.87. The van der Waals surface area contributed by atoms with Crippen LogP contribution < -0.4 is 0 Å². The van der Waals surface area contributed by atoms with Gasteiger partial charge in [-0.25, -0.2) is 0 Å². The zero-order valence-electron chi connectivity index (χ0n) is 25.9. The number of nitrogens with zero attached hydrogens (tertiary/aromatic N) is 1. The molecular weight excluding hydrogens is 551 g/mol. The van der Waals surface area contributed by atoms with E-state index in [-0.39, 0.29) is 5.91 Å². The number of hydrogen-bond donors (Lipinski definition) is 0. The summed E-state index contributed by atoms with van der Waals surface area (Å²) in [6, 6.07) is 1.88. The van der Waals surface area contributed by atoms with E-state index in [1.165, 1.54) is 6.08 Å². The molecule has 36 heavy (non-hydrogen) atoms. The number of carbonyl (C=O) groups is 1. The number of unbranched alkanes of at least 4 members (excludes halogenated alkanes) is 1. The quantitative estimate of drug-likeness (QED) is 0.0883. The summed E-state index contributed by atoms with van der Waals surface area (Å²) in [5, 5.41) is 0. The Labute approximate surface area is 231 Å². The molecule has 213 valence electrons. The first-order valence-corrected chi connectivity index (χ1v) is 31.5. The van der Waals surface area contributed by atoms with Crippen LogP contribution in [0.2, 0.25) is 97.2 Å². The lowest BCUT2D eigenvalue weighted by atomic mass is 10.3. The van der Waals surface area contributed by atoms with E-state index in [1.807, 2.05) is 4.90 Å². The van der Waals surface area contributed by atoms with E-state index < -0.39 is 50.9 Å². The van der Waals surface area contributed by atoms with Crippen molar-refractivity contribution in [2.24, 2.45) is 0 Å². The summed E-state index contributed by atoms with van der Waals surface area (Å²) in [5.74, 6) is 0.00900. The van der Waals surface area contributed by atoms with Crippen molar-refractivity contribution in [3.05, 3.63) is 12.7 Å². The highest BCUT2D eigenvalue weighted by Crippen LogP contribution is 2.26. The predicted octanol–water partition coefficient (Wildman–Crippen LogP) is 7.18. The molecule has 0 aliphatic heterocycles. The third-order valence-electron chi connectivity index (χ3n) is 5.09. The highest BCUT2D eigenvalue weighted by atomic mass is 28.5. The molecule has 1 atom stereocenters. The van der Waals surface area contributed by atoms with Crippen LogP contribution in [-0.2, 0) is 21.6 Å². The summed E-state index contributed by atoms with van der Waals surface area (Å²) in [4.78, 5) is 14.6. The van der Waals surface area contributed by atoms with Crippen LogP contribution in [0, 0.1) is 0 Å². The van der Waals surface area contributed by atoms with Crippen molar-refractivity contribution in [3.8, 4) is 0 Å². The van der Waals surface area contributed by atoms with Gasteiger partial charge in [-0.1, -0.05) is 19.7 Å². The number of amides is 1. The van der Waals surface area contributed by atoms with Crippen LogP contribution in [0.4, 0.5) is 0 Å². The molecule has 0 aromatic rings. The fourth-order valence-electron chi connectivity index (χ4n) is 4.32. The molecule has 0 N–H and O–H groups in total. The van der Waals surface area contributed by atoms with Crippen molar-refractivity contribution in [1.82, 2.24) is 4.90 Å². The van der Waals surface area contributed by atoms with Crippen LogP contribution in [0.3, 0.4) is 0 Å². The van der Waals surface area contributed by atoms with Crippen molar-refractivity contribution in [1.29, 1.82) is 0 Å². The third-order valence-corrected chi connectivity index (χ3v) is 21.9. The average Bonchev–Trinajstić information content (AvgIpc) is 2.63. The molecule has 1 unspecified atom stereocenters. The first kappa shape index (κ1) is 36.4. The zero-order valence-corrected chi connectivity index (χ0v) is 31.9. The maximum Gasteiger partial charge on any atom is 0.324 e. The zero-order chi connectivity index (χ0) is 28.4. The normalized spacial score (nSPS) is 15.2. The molecule has 0 aliphatic carbocycles. The van der Waals surface area contributed by atoms with Crippen molar-refractivity contribution in [2.75, 3.05) is 19.3 Å². The van der Waals surface area contributed by atoms with Gasteiger partial charge in [0.05, 0.1) is 8.80 Å². The third kappa shape index (κ3) is 18.6. The Balaban J connectivity index is 5.07. The fraction of sp³-hybridized carbons (Fsp3) is 0.875. The minimum absolute atomic E-state index is 0.00900. The predicted molar refractivity (Wildman–Crippen MR) is 170 cm³/mol. The van der Waals surface area contributed by atoms with E-state index in [0.717, 1.165) is 44.1 Å². The molecule has 0 heterocycles. The molecule has 0 rings (SSSR count). The van der Waals surface area contributed by atoms with Crippen LogP contribution in [0.15, 0.2) is 12.7 Å². The Kier molecular flexibility index (Phi) is 15.4. The topological polar surface area (TPSA) is 57.2 Å². The monoisotopic (exact) mass is 608 g/mol. The van der Waals surface area contributed by atoms with E-state index in [4.69, 9.17) is 16.8 Å². The summed E-state index contributed by atoms with van der Waals surface area (Å²) in [7, 11) is -10.1. The van der Waals surface area contributed by atoms with Gasteiger partial charge in [0.1, 0.15) is 0 Å². The maximum absolute atomic E-state index is 12.6. The Hall–Kier alpha value is 0.351. The minimum atomic E-state index is -2.26. The molecule has 0 aromatic carbocycles. The van der Waals surface area contributed by atoms with Crippen LogP contribution >= 0.6 is 0 Å². The van der Waals surface area contributed by atoms with E-state index in [0.29, 0.717) is 6.54 Å². The standard InChI is InChI=1S/C24H58NO5Si6/c1-15-24(26)25(20-18-22-35(13,27-23-31(2)3)28-32(4,5)6)19-16-17-21-36(14,29-33(7,8)9)30-34(10,11)12/h15H,1,16-23H2,2-14H3. The smallest absolute Gasteiger partial charge is 0.324 e. The van der Waals surface area contributed by atoms with Gasteiger partial charge in [0, 0.05) is 19.3 Å². The van der Waals surface area contributed by atoms with Gasteiger partial charge >= 0.3 is 17.1 Å². The second kappa shape index (κ2) is 15.2. The Bertz CT molecular complexity index is 659. The number of rotatable bonds is 19. The Morgan fingerprint density at radius 3 is 1.56 bits per heavy atom. The van der Waals surface area contributed by atoms with E-state index in [2.05, 4.69) is 91.7 Å². The van der Waals surface area contributed by atoms with Gasteiger partial charge in [0.25, 0.3) is 0 Å². The largest absolute Gasteiger partial charge is 0.437 e. The van der Waals surface area contributed by atoms with Crippen LogP contribution in [0.1, 0.15) is 19.3 Å². The van der Waals surface area contributed by atoms with Crippen molar-refractivity contribution < 1.29 is 21.6 Å². The number of hydrogen-bond acceptors (Lipinski definition) is 5. The summed E-state index contributed by atoms with van der Waals surface area (Å²) < 4.78 is 26.3. The van der Waals surface area contributed by atoms with Gasteiger partial charge in [-0.3, -0.25) is 4.79 Å². The molecule has 0 saturated heterocycles. The van der Waals surface area contributed by atoms with Gasteiger partial charge in [-0.2, -0.15) is 0 Å². The van der Waals surface area contributed by atoms with Gasteiger partial charge in [-0.15, -0.1) is 0 Å². The summed E-state index contributed by atoms with van der Waals surface area (Å²) in [5.41, 5.74) is 0. The van der Waals surface area contributed by atoms with Crippen molar-refractivity contribution >= 4 is 56.8 Å². The van der Waals surface area contributed by atoms with E-state index in [1.54, 1.807) is 0 Å². The first-order valence-electron chi connectivity index (χ1n) is 13.5. The molecule has 12 heteroatoms. The molecule has 6 nitrogen and oxygen atoms in total. The lowest BCUT2D eigenvalue weighted by molar-refractivity contribution is -0.126. The van der Waals surface area contributed by atoms with Gasteiger partial charge in [-0.05, 0) is 109 Å². The first-order chi connectivity index (χ1) is 16.1. The SMILES string of the molecule is C=CC(=O)N(CCCC[Si](C)(O[Si](C)(C)C)O[Si](C)(C)C)CCC[Si](C)(OC[Si](C)C)O[Si](C)(C)C. The minimum Gasteiger partial charge on any atom is -0.437 e. The van der Waals surface area contributed by atoms with Gasteiger partial charge < -0.3 is 21.7 Å². The molecule has 1 amide bonds. The van der Waals surface area contributed by atoms with Crippen LogP contribution in [0.5, 0.6) is 0 Å².